The van der Waals surface area contributed by atoms with Crippen molar-refractivity contribution in [2.24, 2.45) is 11.7 Å². The van der Waals surface area contributed by atoms with Gasteiger partial charge < -0.3 is 10.3 Å². The average Bonchev–Trinajstić information content (AvgIpc) is 2.90. The lowest BCUT2D eigenvalue weighted by Gasteiger charge is -2.27. The molecule has 5 heteroatoms. The Kier molecular flexibility index (Phi) is 3.78. The summed E-state index contributed by atoms with van der Waals surface area (Å²) in [6.45, 7) is 1.95. The van der Waals surface area contributed by atoms with Gasteiger partial charge in [0.15, 0.2) is 0 Å². The van der Waals surface area contributed by atoms with Crippen LogP contribution in [0.1, 0.15) is 37.3 Å². The standard InChI is InChI=1S/C15H20N4O/c1-10-5-4-8-13(17-10)15-18-14(20-19-15)9-11-6-2-3-7-12(11)16/h4-5,8,11-12H,2-3,6-7,9,16H2,1H3. The van der Waals surface area contributed by atoms with E-state index in [9.17, 15) is 0 Å². The summed E-state index contributed by atoms with van der Waals surface area (Å²) in [5.74, 6) is 1.70. The summed E-state index contributed by atoms with van der Waals surface area (Å²) in [5.41, 5.74) is 7.87. The van der Waals surface area contributed by atoms with Crippen LogP contribution in [0.15, 0.2) is 22.7 Å². The Balaban J connectivity index is 1.73. The second kappa shape index (κ2) is 5.71. The number of nitrogens with zero attached hydrogens (tertiary/aromatic N) is 3. The molecule has 106 valence electrons. The van der Waals surface area contributed by atoms with Crippen molar-refractivity contribution < 1.29 is 4.52 Å². The lowest BCUT2D eigenvalue weighted by Crippen LogP contribution is -2.34. The summed E-state index contributed by atoms with van der Waals surface area (Å²) in [6.07, 6.45) is 5.52. The molecule has 2 N–H and O–H groups in total. The molecule has 0 bridgehead atoms. The first kappa shape index (κ1) is 13.2. The van der Waals surface area contributed by atoms with E-state index in [4.69, 9.17) is 10.3 Å². The Morgan fingerprint density at radius 3 is 2.90 bits per heavy atom. The van der Waals surface area contributed by atoms with E-state index in [0.29, 0.717) is 17.6 Å². The van der Waals surface area contributed by atoms with Crippen LogP contribution >= 0.6 is 0 Å². The molecule has 2 unspecified atom stereocenters. The van der Waals surface area contributed by atoms with Crippen molar-refractivity contribution in [3.63, 3.8) is 0 Å². The molecule has 2 atom stereocenters. The summed E-state index contributed by atoms with van der Waals surface area (Å²) < 4.78 is 5.35. The van der Waals surface area contributed by atoms with Crippen molar-refractivity contribution in [2.45, 2.75) is 45.1 Å². The first-order chi connectivity index (χ1) is 9.72. The highest BCUT2D eigenvalue weighted by Crippen LogP contribution is 2.26. The van der Waals surface area contributed by atoms with Crippen LogP contribution in [0.4, 0.5) is 0 Å². The minimum absolute atomic E-state index is 0.260. The third-order valence-electron chi connectivity index (χ3n) is 3.99. The molecule has 1 fully saturated rings. The summed E-state index contributed by atoms with van der Waals surface area (Å²) in [5, 5.41) is 4.03. The molecule has 3 rings (SSSR count). The van der Waals surface area contributed by atoms with E-state index in [-0.39, 0.29) is 6.04 Å². The van der Waals surface area contributed by atoms with E-state index in [0.717, 1.165) is 30.7 Å². The predicted octanol–water partition coefficient (Wildman–Crippen LogP) is 2.50. The van der Waals surface area contributed by atoms with Gasteiger partial charge in [-0.15, -0.1) is 0 Å². The van der Waals surface area contributed by atoms with Gasteiger partial charge in [-0.2, -0.15) is 4.98 Å². The molecule has 20 heavy (non-hydrogen) atoms. The van der Waals surface area contributed by atoms with E-state index < -0.39 is 0 Å². The number of hydrogen-bond acceptors (Lipinski definition) is 5. The van der Waals surface area contributed by atoms with Gasteiger partial charge in [-0.25, -0.2) is 4.98 Å². The molecule has 0 aliphatic heterocycles. The monoisotopic (exact) mass is 272 g/mol. The number of pyridine rings is 1. The van der Waals surface area contributed by atoms with E-state index in [1.807, 2.05) is 25.1 Å². The van der Waals surface area contributed by atoms with Crippen LogP contribution in [0, 0.1) is 12.8 Å². The van der Waals surface area contributed by atoms with Crippen molar-refractivity contribution >= 4 is 0 Å². The summed E-state index contributed by atoms with van der Waals surface area (Å²) in [7, 11) is 0. The summed E-state index contributed by atoms with van der Waals surface area (Å²) in [4.78, 5) is 8.86. The van der Waals surface area contributed by atoms with Gasteiger partial charge in [0.2, 0.25) is 11.7 Å². The van der Waals surface area contributed by atoms with Crippen molar-refractivity contribution in [1.29, 1.82) is 0 Å². The highest BCUT2D eigenvalue weighted by Gasteiger charge is 2.24. The molecule has 2 aromatic rings. The lowest BCUT2D eigenvalue weighted by molar-refractivity contribution is 0.273. The van der Waals surface area contributed by atoms with E-state index in [1.54, 1.807) is 0 Å². The zero-order chi connectivity index (χ0) is 13.9. The normalized spacial score (nSPS) is 22.9. The van der Waals surface area contributed by atoms with Gasteiger partial charge >= 0.3 is 0 Å². The van der Waals surface area contributed by atoms with Crippen LogP contribution in [0.3, 0.4) is 0 Å². The van der Waals surface area contributed by atoms with Crippen LogP contribution in [-0.4, -0.2) is 21.2 Å². The zero-order valence-electron chi connectivity index (χ0n) is 11.7. The van der Waals surface area contributed by atoms with E-state index >= 15 is 0 Å². The molecule has 0 saturated heterocycles. The molecule has 0 amide bonds. The van der Waals surface area contributed by atoms with Crippen LogP contribution in [0.5, 0.6) is 0 Å². The van der Waals surface area contributed by atoms with Crippen LogP contribution in [0.2, 0.25) is 0 Å². The fourth-order valence-corrected chi connectivity index (χ4v) is 2.82. The van der Waals surface area contributed by atoms with E-state index in [1.165, 1.54) is 12.8 Å². The third-order valence-corrected chi connectivity index (χ3v) is 3.99. The fourth-order valence-electron chi connectivity index (χ4n) is 2.82. The minimum atomic E-state index is 0.260. The SMILES string of the molecule is Cc1cccc(-c2noc(CC3CCCCC3N)n2)n1. The number of rotatable bonds is 3. The Bertz CT molecular complexity index is 581. The van der Waals surface area contributed by atoms with E-state index in [2.05, 4.69) is 15.1 Å². The highest BCUT2D eigenvalue weighted by atomic mass is 16.5. The van der Waals surface area contributed by atoms with Gasteiger partial charge in [0, 0.05) is 18.2 Å². The van der Waals surface area contributed by atoms with Gasteiger partial charge in [-0.3, -0.25) is 0 Å². The first-order valence-electron chi connectivity index (χ1n) is 7.24. The zero-order valence-corrected chi connectivity index (χ0v) is 11.7. The third kappa shape index (κ3) is 2.88. The van der Waals surface area contributed by atoms with Crippen LogP contribution in [-0.2, 0) is 6.42 Å². The van der Waals surface area contributed by atoms with Crippen molar-refractivity contribution in [2.75, 3.05) is 0 Å². The number of aromatic nitrogens is 3. The van der Waals surface area contributed by atoms with Gasteiger partial charge in [0.1, 0.15) is 5.69 Å². The van der Waals surface area contributed by atoms with Gasteiger partial charge in [-0.1, -0.05) is 24.1 Å². The second-order valence-corrected chi connectivity index (χ2v) is 5.59. The molecular formula is C15H20N4O. The highest BCUT2D eigenvalue weighted by molar-refractivity contribution is 5.47. The maximum absolute atomic E-state index is 6.16. The quantitative estimate of drug-likeness (QED) is 0.928. The van der Waals surface area contributed by atoms with Gasteiger partial charge in [-0.05, 0) is 37.8 Å². The van der Waals surface area contributed by atoms with Crippen LogP contribution < -0.4 is 5.73 Å². The Hall–Kier alpha value is -1.75. The van der Waals surface area contributed by atoms with Gasteiger partial charge in [0.25, 0.3) is 0 Å². The maximum Gasteiger partial charge on any atom is 0.227 e. The molecule has 1 aliphatic carbocycles. The molecule has 1 saturated carbocycles. The Morgan fingerprint density at radius 1 is 1.25 bits per heavy atom. The minimum Gasteiger partial charge on any atom is -0.339 e. The number of nitrogens with two attached hydrogens (primary N) is 1. The van der Waals surface area contributed by atoms with Crippen molar-refractivity contribution in [3.8, 4) is 11.5 Å². The van der Waals surface area contributed by atoms with Crippen LogP contribution in [0.25, 0.3) is 11.5 Å². The smallest absolute Gasteiger partial charge is 0.227 e. The lowest BCUT2D eigenvalue weighted by atomic mass is 9.83. The molecule has 2 aromatic heterocycles. The maximum atomic E-state index is 6.16. The Morgan fingerprint density at radius 2 is 2.10 bits per heavy atom. The van der Waals surface area contributed by atoms with Crippen molar-refractivity contribution in [1.82, 2.24) is 15.1 Å². The molecule has 0 spiro atoms. The topological polar surface area (TPSA) is 77.8 Å². The first-order valence-corrected chi connectivity index (χ1v) is 7.24. The molecule has 2 heterocycles. The predicted molar refractivity (Wildman–Crippen MR) is 75.9 cm³/mol. The largest absolute Gasteiger partial charge is 0.339 e. The second-order valence-electron chi connectivity index (χ2n) is 5.59. The van der Waals surface area contributed by atoms with Crippen molar-refractivity contribution in [3.05, 3.63) is 29.8 Å². The summed E-state index contributed by atoms with van der Waals surface area (Å²) >= 11 is 0. The molecule has 0 aromatic carbocycles. The Labute approximate surface area is 118 Å². The average molecular weight is 272 g/mol. The number of hydrogen-bond donors (Lipinski definition) is 1. The molecular weight excluding hydrogens is 252 g/mol. The fraction of sp³-hybridized carbons (Fsp3) is 0.533. The number of aryl methyl sites for hydroxylation is 1. The molecule has 1 aliphatic rings. The summed E-state index contributed by atoms with van der Waals surface area (Å²) in [6, 6.07) is 6.06. The van der Waals surface area contributed by atoms with Gasteiger partial charge in [0.05, 0.1) is 0 Å². The molecule has 5 nitrogen and oxygen atoms in total. The molecule has 0 radical (unpaired) electrons.